The van der Waals surface area contributed by atoms with Gasteiger partial charge in [-0.3, -0.25) is 4.79 Å². The third kappa shape index (κ3) is 6.52. The zero-order valence-corrected chi connectivity index (χ0v) is 14.3. The summed E-state index contributed by atoms with van der Waals surface area (Å²) in [5, 5.41) is 21.2. The molecule has 1 atom stereocenters. The molecule has 0 aliphatic rings. The number of carbonyl (C=O) groups excluding carboxylic acids is 1. The van der Waals surface area contributed by atoms with Gasteiger partial charge in [0.05, 0.1) is 9.75 Å². The monoisotopic (exact) mass is 341 g/mol. The highest BCUT2D eigenvalue weighted by Crippen LogP contribution is 2.16. The van der Waals surface area contributed by atoms with Crippen molar-refractivity contribution in [2.45, 2.75) is 31.9 Å². The third-order valence-electron chi connectivity index (χ3n) is 2.54. The number of amides is 1. The SMILES string of the molecule is CSCC[C@H](NC(=O)c1ccc(C#CC(C)(C)O)s1)C(=O)O. The minimum atomic E-state index is -1.10. The molecule has 3 N–H and O–H groups in total. The maximum Gasteiger partial charge on any atom is 0.326 e. The number of aliphatic carboxylic acids is 1. The quantitative estimate of drug-likeness (QED) is 0.687. The summed E-state index contributed by atoms with van der Waals surface area (Å²) in [6.07, 6.45) is 2.26. The molecule has 0 radical (unpaired) electrons. The molecule has 22 heavy (non-hydrogen) atoms. The number of aliphatic hydroxyl groups is 1. The van der Waals surface area contributed by atoms with E-state index in [0.29, 0.717) is 21.9 Å². The van der Waals surface area contributed by atoms with Crippen molar-refractivity contribution in [3.8, 4) is 11.8 Å². The van der Waals surface area contributed by atoms with Crippen molar-refractivity contribution in [3.05, 3.63) is 21.9 Å². The lowest BCUT2D eigenvalue weighted by atomic mass is 10.1. The van der Waals surface area contributed by atoms with Gasteiger partial charge >= 0.3 is 5.97 Å². The van der Waals surface area contributed by atoms with Crippen LogP contribution in [0.3, 0.4) is 0 Å². The van der Waals surface area contributed by atoms with Crippen molar-refractivity contribution >= 4 is 35.0 Å². The van der Waals surface area contributed by atoms with Crippen LogP contribution in [0, 0.1) is 11.8 Å². The predicted molar refractivity (Wildman–Crippen MR) is 89.4 cm³/mol. The number of rotatable bonds is 6. The Morgan fingerprint density at radius 3 is 2.68 bits per heavy atom. The van der Waals surface area contributed by atoms with Gasteiger partial charge in [0, 0.05) is 0 Å². The first kappa shape index (κ1) is 18.6. The van der Waals surface area contributed by atoms with Gasteiger partial charge in [-0.25, -0.2) is 4.79 Å². The molecule has 0 bridgehead atoms. The summed E-state index contributed by atoms with van der Waals surface area (Å²) < 4.78 is 0. The van der Waals surface area contributed by atoms with E-state index in [1.807, 2.05) is 6.26 Å². The van der Waals surface area contributed by atoms with Gasteiger partial charge in [0.25, 0.3) is 5.91 Å². The Hall–Kier alpha value is -1.49. The van der Waals surface area contributed by atoms with E-state index in [2.05, 4.69) is 17.2 Å². The van der Waals surface area contributed by atoms with E-state index in [4.69, 9.17) is 5.11 Å². The Morgan fingerprint density at radius 2 is 2.14 bits per heavy atom. The molecule has 1 rings (SSSR count). The molecule has 0 fully saturated rings. The molecule has 1 aromatic rings. The van der Waals surface area contributed by atoms with Gasteiger partial charge < -0.3 is 15.5 Å². The molecular formula is C15H19NO4S2. The Morgan fingerprint density at radius 1 is 1.45 bits per heavy atom. The van der Waals surface area contributed by atoms with E-state index in [9.17, 15) is 14.7 Å². The molecule has 0 unspecified atom stereocenters. The van der Waals surface area contributed by atoms with Crippen LogP contribution in [0.2, 0.25) is 0 Å². The van der Waals surface area contributed by atoms with Gasteiger partial charge in [0.1, 0.15) is 11.6 Å². The van der Waals surface area contributed by atoms with E-state index < -0.39 is 23.5 Å². The molecule has 0 spiro atoms. The maximum atomic E-state index is 12.1. The van der Waals surface area contributed by atoms with Gasteiger partial charge in [-0.05, 0) is 44.4 Å². The highest BCUT2D eigenvalue weighted by Gasteiger charge is 2.21. The number of hydrogen-bond acceptors (Lipinski definition) is 5. The molecule has 0 saturated heterocycles. The molecule has 5 nitrogen and oxygen atoms in total. The predicted octanol–water partition coefficient (Wildman–Crippen LogP) is 1.81. The summed E-state index contributed by atoms with van der Waals surface area (Å²) in [5.41, 5.74) is -1.10. The van der Waals surface area contributed by atoms with Crippen molar-refractivity contribution in [3.63, 3.8) is 0 Å². The highest BCUT2D eigenvalue weighted by molar-refractivity contribution is 7.98. The number of hydrogen-bond donors (Lipinski definition) is 3. The summed E-state index contributed by atoms with van der Waals surface area (Å²) in [5.74, 6) is 4.65. The van der Waals surface area contributed by atoms with Crippen LogP contribution in [0.15, 0.2) is 12.1 Å². The summed E-state index contributed by atoms with van der Waals surface area (Å²) in [4.78, 5) is 24.2. The van der Waals surface area contributed by atoms with Crippen molar-refractivity contribution in [2.75, 3.05) is 12.0 Å². The van der Waals surface area contributed by atoms with Crippen molar-refractivity contribution in [1.29, 1.82) is 0 Å². The Balaban J connectivity index is 2.75. The van der Waals surface area contributed by atoms with Crippen LogP contribution in [0.25, 0.3) is 0 Å². The number of carbonyl (C=O) groups is 2. The molecule has 0 aliphatic heterocycles. The standard InChI is InChI=1S/C15H19NO4S2/c1-15(2,20)8-6-10-4-5-12(22-10)13(17)16-11(14(18)19)7-9-21-3/h4-5,11,20H,7,9H2,1-3H3,(H,16,17)(H,18,19)/t11-/m0/s1. The molecule has 0 saturated carbocycles. The Labute approximate surface area is 138 Å². The number of thiophene rings is 1. The molecule has 1 heterocycles. The second-order valence-electron chi connectivity index (χ2n) is 5.12. The molecule has 0 aliphatic carbocycles. The Bertz CT molecular complexity index is 593. The first-order valence-electron chi connectivity index (χ1n) is 6.61. The van der Waals surface area contributed by atoms with Crippen molar-refractivity contribution in [2.24, 2.45) is 0 Å². The molecule has 1 amide bonds. The lowest BCUT2D eigenvalue weighted by molar-refractivity contribution is -0.139. The molecule has 120 valence electrons. The highest BCUT2D eigenvalue weighted by atomic mass is 32.2. The normalized spacial score (nSPS) is 12.2. The van der Waals surface area contributed by atoms with Crippen LogP contribution in [-0.4, -0.2) is 45.7 Å². The van der Waals surface area contributed by atoms with Crippen LogP contribution >= 0.6 is 23.1 Å². The number of thioether (sulfide) groups is 1. The fourth-order valence-corrected chi connectivity index (χ4v) is 2.70. The summed E-state index contributed by atoms with van der Waals surface area (Å²) in [6.45, 7) is 3.15. The minimum Gasteiger partial charge on any atom is -0.480 e. The number of nitrogens with one attached hydrogen (secondary N) is 1. The summed E-state index contributed by atoms with van der Waals surface area (Å²) in [7, 11) is 0. The first-order chi connectivity index (χ1) is 10.2. The van der Waals surface area contributed by atoms with Crippen molar-refractivity contribution in [1.82, 2.24) is 5.32 Å². The topological polar surface area (TPSA) is 86.6 Å². The smallest absolute Gasteiger partial charge is 0.326 e. The zero-order chi connectivity index (χ0) is 16.8. The van der Waals surface area contributed by atoms with Crippen LogP contribution in [0.1, 0.15) is 34.8 Å². The van der Waals surface area contributed by atoms with Crippen LogP contribution in [-0.2, 0) is 4.79 Å². The molecule has 1 aromatic heterocycles. The maximum absolute atomic E-state index is 12.1. The fourth-order valence-electron chi connectivity index (χ4n) is 1.46. The molecular weight excluding hydrogens is 322 g/mol. The molecule has 0 aromatic carbocycles. The van der Waals surface area contributed by atoms with E-state index in [1.54, 1.807) is 26.0 Å². The van der Waals surface area contributed by atoms with E-state index >= 15 is 0 Å². The van der Waals surface area contributed by atoms with Gasteiger partial charge in [-0.2, -0.15) is 11.8 Å². The van der Waals surface area contributed by atoms with E-state index in [1.165, 1.54) is 11.8 Å². The van der Waals surface area contributed by atoms with Gasteiger partial charge in [0.15, 0.2) is 0 Å². The Kier molecular flexibility index (Phi) is 6.94. The third-order valence-corrected chi connectivity index (χ3v) is 4.18. The fraction of sp³-hybridized carbons (Fsp3) is 0.467. The van der Waals surface area contributed by atoms with Gasteiger partial charge in [-0.1, -0.05) is 11.8 Å². The van der Waals surface area contributed by atoms with Crippen molar-refractivity contribution < 1.29 is 19.8 Å². The number of carboxylic acid groups (broad SMARTS) is 1. The second-order valence-corrected chi connectivity index (χ2v) is 7.19. The average molecular weight is 341 g/mol. The van der Waals surface area contributed by atoms with Crippen LogP contribution in [0.5, 0.6) is 0 Å². The lowest BCUT2D eigenvalue weighted by Crippen LogP contribution is -2.40. The second kappa shape index (κ2) is 8.22. The van der Waals surface area contributed by atoms with Crippen LogP contribution < -0.4 is 5.32 Å². The van der Waals surface area contributed by atoms with E-state index in [-0.39, 0.29) is 0 Å². The summed E-state index contributed by atoms with van der Waals surface area (Å²) in [6, 6.07) is 2.38. The van der Waals surface area contributed by atoms with Gasteiger partial charge in [0.2, 0.25) is 0 Å². The van der Waals surface area contributed by atoms with E-state index in [0.717, 1.165) is 11.3 Å². The van der Waals surface area contributed by atoms with Crippen LogP contribution in [0.4, 0.5) is 0 Å². The first-order valence-corrected chi connectivity index (χ1v) is 8.82. The summed E-state index contributed by atoms with van der Waals surface area (Å²) >= 11 is 2.69. The zero-order valence-electron chi connectivity index (χ0n) is 12.7. The average Bonchev–Trinajstić information content (AvgIpc) is 2.89. The largest absolute Gasteiger partial charge is 0.480 e. The molecule has 7 heteroatoms. The number of carboxylic acids is 1. The van der Waals surface area contributed by atoms with Gasteiger partial charge in [-0.15, -0.1) is 11.3 Å². The lowest BCUT2D eigenvalue weighted by Gasteiger charge is -2.12. The minimum absolute atomic E-state index is 0.374.